The van der Waals surface area contributed by atoms with Gasteiger partial charge in [0.05, 0.1) is 0 Å². The number of nitrogens with one attached hydrogen (secondary N) is 2. The Bertz CT molecular complexity index is 739. The summed E-state index contributed by atoms with van der Waals surface area (Å²) in [5.74, 6) is -0.240. The van der Waals surface area contributed by atoms with Crippen LogP contribution in [0.15, 0.2) is 42.7 Å². The van der Waals surface area contributed by atoms with Crippen LogP contribution in [-0.2, 0) is 10.2 Å². The van der Waals surface area contributed by atoms with E-state index in [1.54, 1.807) is 36.7 Å². The predicted molar refractivity (Wildman–Crippen MR) is 84.9 cm³/mol. The Balaban J connectivity index is 1.89. The third kappa shape index (κ3) is 2.70. The van der Waals surface area contributed by atoms with Crippen LogP contribution in [-0.4, -0.2) is 16.8 Å². The molecule has 1 aliphatic rings. The van der Waals surface area contributed by atoms with Crippen molar-refractivity contribution < 1.29 is 9.59 Å². The zero-order valence-electron chi connectivity index (χ0n) is 12.5. The lowest BCUT2D eigenvalue weighted by atomic mass is 9.77. The molecule has 3 rings (SSSR count). The number of anilines is 2. The predicted octanol–water partition coefficient (Wildman–Crippen LogP) is 2.95. The second-order valence-corrected chi connectivity index (χ2v) is 6.06. The van der Waals surface area contributed by atoms with Gasteiger partial charge in [-0.1, -0.05) is 19.9 Å². The number of aromatic nitrogens is 1. The number of carbonyl (C=O) groups is 2. The molecule has 0 aliphatic carbocycles. The van der Waals surface area contributed by atoms with E-state index < -0.39 is 0 Å². The van der Waals surface area contributed by atoms with E-state index in [4.69, 9.17) is 0 Å². The number of hydrogen-bond acceptors (Lipinski definition) is 3. The molecule has 2 heterocycles. The van der Waals surface area contributed by atoms with E-state index in [-0.39, 0.29) is 17.2 Å². The summed E-state index contributed by atoms with van der Waals surface area (Å²) in [6, 6.07) is 8.87. The van der Waals surface area contributed by atoms with Gasteiger partial charge in [0.15, 0.2) is 0 Å². The minimum absolute atomic E-state index is 0.0239. The Kier molecular flexibility index (Phi) is 3.41. The largest absolute Gasteiger partial charge is 0.326 e. The maximum atomic E-state index is 12.3. The van der Waals surface area contributed by atoms with Crippen molar-refractivity contribution in [2.24, 2.45) is 0 Å². The molecule has 2 amide bonds. The molecule has 2 N–H and O–H groups in total. The number of amides is 2. The molecule has 5 heteroatoms. The van der Waals surface area contributed by atoms with Gasteiger partial charge in [0, 0.05) is 41.2 Å². The maximum absolute atomic E-state index is 12.3. The topological polar surface area (TPSA) is 71.1 Å². The standard InChI is InChI=1S/C17H17N3O2/c1-17(2)10-15(21)20-14-9-11(3-4-13(14)17)16(22)19-12-5-7-18-8-6-12/h3-9H,10H2,1-2H3,(H,20,21)(H,18,19,22). The van der Waals surface area contributed by atoms with Crippen LogP contribution in [0.25, 0.3) is 0 Å². The molecular weight excluding hydrogens is 278 g/mol. The molecule has 0 radical (unpaired) electrons. The highest BCUT2D eigenvalue weighted by Crippen LogP contribution is 2.37. The molecule has 0 saturated heterocycles. The number of nitrogens with zero attached hydrogens (tertiary/aromatic N) is 1. The molecular formula is C17H17N3O2. The van der Waals surface area contributed by atoms with Gasteiger partial charge in [-0.05, 0) is 29.8 Å². The molecule has 0 fully saturated rings. The molecule has 2 aromatic rings. The normalized spacial score (nSPS) is 15.6. The van der Waals surface area contributed by atoms with Crippen molar-refractivity contribution >= 4 is 23.2 Å². The van der Waals surface area contributed by atoms with Gasteiger partial charge < -0.3 is 10.6 Å². The van der Waals surface area contributed by atoms with E-state index in [2.05, 4.69) is 15.6 Å². The van der Waals surface area contributed by atoms with Crippen LogP contribution < -0.4 is 10.6 Å². The van der Waals surface area contributed by atoms with Crippen molar-refractivity contribution in [2.75, 3.05) is 10.6 Å². The first-order valence-corrected chi connectivity index (χ1v) is 7.11. The smallest absolute Gasteiger partial charge is 0.255 e. The van der Waals surface area contributed by atoms with Crippen LogP contribution in [0.2, 0.25) is 0 Å². The fraction of sp³-hybridized carbons (Fsp3) is 0.235. The number of fused-ring (bicyclic) bond motifs is 1. The molecule has 0 unspecified atom stereocenters. The minimum atomic E-state index is -0.224. The van der Waals surface area contributed by atoms with Crippen LogP contribution in [0.1, 0.15) is 36.2 Å². The summed E-state index contributed by atoms with van der Waals surface area (Å²) in [6.07, 6.45) is 3.68. The minimum Gasteiger partial charge on any atom is -0.326 e. The molecule has 0 spiro atoms. The summed E-state index contributed by atoms with van der Waals surface area (Å²) in [5, 5.41) is 5.65. The fourth-order valence-electron chi connectivity index (χ4n) is 2.71. The molecule has 1 aromatic heterocycles. The van der Waals surface area contributed by atoms with Crippen LogP contribution in [0, 0.1) is 0 Å². The van der Waals surface area contributed by atoms with Crippen LogP contribution in [0.3, 0.4) is 0 Å². The van der Waals surface area contributed by atoms with Gasteiger partial charge in [-0.3, -0.25) is 14.6 Å². The summed E-state index contributed by atoms with van der Waals surface area (Å²) in [6.45, 7) is 4.06. The maximum Gasteiger partial charge on any atom is 0.255 e. The average Bonchev–Trinajstić information content (AvgIpc) is 2.46. The van der Waals surface area contributed by atoms with Crippen LogP contribution in [0.4, 0.5) is 11.4 Å². The zero-order valence-corrected chi connectivity index (χ0v) is 12.5. The van der Waals surface area contributed by atoms with E-state index in [1.165, 1.54) is 0 Å². The summed E-state index contributed by atoms with van der Waals surface area (Å²) in [7, 11) is 0. The molecule has 0 saturated carbocycles. The lowest BCUT2D eigenvalue weighted by Gasteiger charge is -2.32. The van der Waals surface area contributed by atoms with Gasteiger partial charge in [-0.25, -0.2) is 0 Å². The summed E-state index contributed by atoms with van der Waals surface area (Å²) >= 11 is 0. The lowest BCUT2D eigenvalue weighted by Crippen LogP contribution is -2.32. The number of rotatable bonds is 2. The first kappa shape index (κ1) is 14.3. The Hall–Kier alpha value is -2.69. The molecule has 1 aliphatic heterocycles. The first-order chi connectivity index (χ1) is 10.5. The number of pyridine rings is 1. The van der Waals surface area contributed by atoms with Gasteiger partial charge in [0.1, 0.15) is 0 Å². The van der Waals surface area contributed by atoms with Crippen molar-refractivity contribution in [1.82, 2.24) is 4.98 Å². The molecule has 1 aromatic carbocycles. The van der Waals surface area contributed by atoms with Crippen molar-refractivity contribution in [3.63, 3.8) is 0 Å². The van der Waals surface area contributed by atoms with E-state index in [9.17, 15) is 9.59 Å². The van der Waals surface area contributed by atoms with Gasteiger partial charge in [0.2, 0.25) is 5.91 Å². The van der Waals surface area contributed by atoms with Gasteiger partial charge in [-0.2, -0.15) is 0 Å². The fourth-order valence-corrected chi connectivity index (χ4v) is 2.71. The SMILES string of the molecule is CC1(C)CC(=O)Nc2cc(C(=O)Nc3ccncc3)ccc21. The van der Waals surface area contributed by atoms with Gasteiger partial charge in [0.25, 0.3) is 5.91 Å². The third-order valence-corrected chi connectivity index (χ3v) is 3.83. The quantitative estimate of drug-likeness (QED) is 0.894. The zero-order chi connectivity index (χ0) is 15.7. The van der Waals surface area contributed by atoms with E-state index >= 15 is 0 Å². The lowest BCUT2D eigenvalue weighted by molar-refractivity contribution is -0.117. The van der Waals surface area contributed by atoms with Crippen molar-refractivity contribution in [3.05, 3.63) is 53.9 Å². The molecule has 112 valence electrons. The van der Waals surface area contributed by atoms with E-state index in [0.717, 1.165) is 5.56 Å². The van der Waals surface area contributed by atoms with E-state index in [1.807, 2.05) is 19.9 Å². The van der Waals surface area contributed by atoms with Crippen molar-refractivity contribution in [2.45, 2.75) is 25.7 Å². The van der Waals surface area contributed by atoms with E-state index in [0.29, 0.717) is 23.4 Å². The Labute approximate surface area is 128 Å². The second-order valence-electron chi connectivity index (χ2n) is 6.06. The number of benzene rings is 1. The highest BCUT2D eigenvalue weighted by Gasteiger charge is 2.32. The highest BCUT2D eigenvalue weighted by molar-refractivity contribution is 6.06. The average molecular weight is 295 g/mol. The summed E-state index contributed by atoms with van der Waals surface area (Å²) in [5.41, 5.74) is 2.73. The Morgan fingerprint density at radius 3 is 2.68 bits per heavy atom. The molecule has 0 atom stereocenters. The van der Waals surface area contributed by atoms with Gasteiger partial charge in [-0.15, -0.1) is 0 Å². The molecule has 22 heavy (non-hydrogen) atoms. The summed E-state index contributed by atoms with van der Waals surface area (Å²) < 4.78 is 0. The van der Waals surface area contributed by atoms with Crippen LogP contribution >= 0.6 is 0 Å². The second kappa shape index (κ2) is 5.26. The van der Waals surface area contributed by atoms with Gasteiger partial charge >= 0.3 is 0 Å². The number of carbonyl (C=O) groups excluding carboxylic acids is 2. The first-order valence-electron chi connectivity index (χ1n) is 7.11. The Morgan fingerprint density at radius 1 is 1.23 bits per heavy atom. The Morgan fingerprint density at radius 2 is 1.95 bits per heavy atom. The van der Waals surface area contributed by atoms with Crippen LogP contribution in [0.5, 0.6) is 0 Å². The molecule has 0 bridgehead atoms. The highest BCUT2D eigenvalue weighted by atomic mass is 16.2. The van der Waals surface area contributed by atoms with Crippen molar-refractivity contribution in [1.29, 1.82) is 0 Å². The third-order valence-electron chi connectivity index (χ3n) is 3.83. The monoisotopic (exact) mass is 295 g/mol. The summed E-state index contributed by atoms with van der Waals surface area (Å²) in [4.78, 5) is 28.0. The molecule has 5 nitrogen and oxygen atoms in total. The number of hydrogen-bond donors (Lipinski definition) is 2. The van der Waals surface area contributed by atoms with Crippen molar-refractivity contribution in [3.8, 4) is 0 Å².